The molecule has 0 saturated heterocycles. The monoisotopic (exact) mass is 448 g/mol. The molecule has 4 aromatic carbocycles. The standard InChI is InChI=1S/C25H22O4P2/c1-5-13-22(14-6-1)26-30(27-23-15-7-2-8-16-23)21-31(28-24-17-9-3-10-18-24)29-25-19-11-4-12-20-25/h1-20H,21H2. The third-order valence-corrected chi connectivity index (χ3v) is 7.54. The first kappa shape index (κ1) is 21.2. The van der Waals surface area contributed by atoms with E-state index in [1.165, 1.54) is 0 Å². The fraction of sp³-hybridized carbons (Fsp3) is 0.0400. The van der Waals surface area contributed by atoms with E-state index in [1.54, 1.807) is 0 Å². The Balaban J connectivity index is 1.55. The van der Waals surface area contributed by atoms with Crippen molar-refractivity contribution in [2.75, 3.05) is 5.90 Å². The Bertz CT molecular complexity index is 850. The zero-order valence-electron chi connectivity index (χ0n) is 16.8. The van der Waals surface area contributed by atoms with E-state index >= 15 is 0 Å². The molecule has 0 amide bonds. The van der Waals surface area contributed by atoms with Crippen LogP contribution >= 0.6 is 16.8 Å². The van der Waals surface area contributed by atoms with E-state index in [2.05, 4.69) is 0 Å². The van der Waals surface area contributed by atoms with Gasteiger partial charge in [-0.1, -0.05) is 72.8 Å². The molecule has 0 aromatic heterocycles. The normalized spacial score (nSPS) is 10.6. The van der Waals surface area contributed by atoms with Crippen LogP contribution in [0.25, 0.3) is 0 Å². The number of hydrogen-bond donors (Lipinski definition) is 0. The van der Waals surface area contributed by atoms with Crippen LogP contribution in [-0.4, -0.2) is 5.90 Å². The van der Waals surface area contributed by atoms with Crippen LogP contribution in [0.5, 0.6) is 23.0 Å². The summed E-state index contributed by atoms with van der Waals surface area (Å²) in [4.78, 5) is 0. The summed E-state index contributed by atoms with van der Waals surface area (Å²) in [5.41, 5.74) is 0. The zero-order valence-corrected chi connectivity index (χ0v) is 18.6. The fourth-order valence-corrected chi connectivity index (χ4v) is 5.82. The van der Waals surface area contributed by atoms with Gasteiger partial charge in [0.05, 0.1) is 0 Å². The van der Waals surface area contributed by atoms with Crippen molar-refractivity contribution in [1.82, 2.24) is 0 Å². The summed E-state index contributed by atoms with van der Waals surface area (Å²) in [7, 11) is -2.73. The topological polar surface area (TPSA) is 36.9 Å². The van der Waals surface area contributed by atoms with Gasteiger partial charge in [-0.15, -0.1) is 0 Å². The van der Waals surface area contributed by atoms with Gasteiger partial charge in [0.1, 0.15) is 28.9 Å². The van der Waals surface area contributed by atoms with Crippen LogP contribution < -0.4 is 18.1 Å². The molecule has 0 saturated carbocycles. The van der Waals surface area contributed by atoms with Crippen LogP contribution in [0, 0.1) is 0 Å². The van der Waals surface area contributed by atoms with Gasteiger partial charge < -0.3 is 18.1 Å². The van der Waals surface area contributed by atoms with Crippen molar-refractivity contribution in [3.05, 3.63) is 121 Å². The highest BCUT2D eigenvalue weighted by atomic mass is 31.2. The molecule has 0 aliphatic heterocycles. The highest BCUT2D eigenvalue weighted by molar-refractivity contribution is 7.65. The molecule has 0 fully saturated rings. The molecule has 4 rings (SSSR count). The molecule has 4 aromatic rings. The van der Waals surface area contributed by atoms with Crippen molar-refractivity contribution in [2.45, 2.75) is 0 Å². The Labute approximate surface area is 185 Å². The molecule has 0 N–H and O–H groups in total. The number of hydrogen-bond acceptors (Lipinski definition) is 4. The number of rotatable bonds is 10. The van der Waals surface area contributed by atoms with Crippen molar-refractivity contribution >= 4 is 16.8 Å². The minimum absolute atomic E-state index is 0.470. The fourth-order valence-electron chi connectivity index (χ4n) is 2.64. The van der Waals surface area contributed by atoms with Gasteiger partial charge in [-0.05, 0) is 48.5 Å². The van der Waals surface area contributed by atoms with Gasteiger partial charge in [0.25, 0.3) is 0 Å². The van der Waals surface area contributed by atoms with Gasteiger partial charge in [0.15, 0.2) is 0 Å². The summed E-state index contributed by atoms with van der Waals surface area (Å²) in [5.74, 6) is 3.47. The van der Waals surface area contributed by atoms with Crippen LogP contribution in [0.3, 0.4) is 0 Å². The predicted octanol–water partition coefficient (Wildman–Crippen LogP) is 7.88. The van der Waals surface area contributed by atoms with Crippen molar-refractivity contribution in [3.63, 3.8) is 0 Å². The van der Waals surface area contributed by atoms with Crippen molar-refractivity contribution in [2.24, 2.45) is 0 Å². The Morgan fingerprint density at radius 1 is 0.355 bits per heavy atom. The molecule has 0 unspecified atom stereocenters. The second kappa shape index (κ2) is 11.4. The van der Waals surface area contributed by atoms with E-state index in [9.17, 15) is 0 Å². The molecule has 0 atom stereocenters. The van der Waals surface area contributed by atoms with Crippen LogP contribution in [0.2, 0.25) is 0 Å². The molecule has 156 valence electrons. The Hall–Kier alpha value is -3.06. The first-order chi connectivity index (χ1) is 15.3. The lowest BCUT2D eigenvalue weighted by Gasteiger charge is -2.23. The van der Waals surface area contributed by atoms with Crippen LogP contribution in [-0.2, 0) is 0 Å². The molecule has 0 heterocycles. The van der Waals surface area contributed by atoms with E-state index in [1.807, 2.05) is 121 Å². The SMILES string of the molecule is c1ccc(OP(CP(Oc2ccccc2)Oc2ccccc2)Oc2ccccc2)cc1. The maximum absolute atomic E-state index is 6.22. The van der Waals surface area contributed by atoms with Crippen molar-refractivity contribution in [3.8, 4) is 23.0 Å². The molecular formula is C25H22O4P2. The largest absolute Gasteiger partial charge is 0.438 e. The Kier molecular flexibility index (Phi) is 7.76. The number of benzene rings is 4. The third kappa shape index (κ3) is 7.00. The second-order valence-corrected chi connectivity index (χ2v) is 9.62. The van der Waals surface area contributed by atoms with E-state index < -0.39 is 16.8 Å². The summed E-state index contributed by atoms with van der Waals surface area (Å²) in [6.45, 7) is 0. The van der Waals surface area contributed by atoms with E-state index in [0.717, 1.165) is 23.0 Å². The average molecular weight is 448 g/mol. The van der Waals surface area contributed by atoms with E-state index in [0.29, 0.717) is 5.90 Å². The zero-order chi connectivity index (χ0) is 21.1. The molecule has 4 nitrogen and oxygen atoms in total. The third-order valence-electron chi connectivity index (χ3n) is 4.03. The quantitative estimate of drug-likeness (QED) is 0.231. The lowest BCUT2D eigenvalue weighted by molar-refractivity contribution is 0.476. The maximum atomic E-state index is 6.22. The van der Waals surface area contributed by atoms with Crippen LogP contribution in [0.4, 0.5) is 0 Å². The molecule has 6 heteroatoms. The summed E-state index contributed by atoms with van der Waals surface area (Å²) in [5, 5.41) is 0. The molecule has 0 aliphatic rings. The Morgan fingerprint density at radius 3 is 0.806 bits per heavy atom. The van der Waals surface area contributed by atoms with E-state index in [-0.39, 0.29) is 0 Å². The highest BCUT2D eigenvalue weighted by Crippen LogP contribution is 2.53. The van der Waals surface area contributed by atoms with Gasteiger partial charge in [0.2, 0.25) is 0 Å². The molecule has 0 spiro atoms. The number of para-hydroxylation sites is 4. The molecule has 0 aliphatic carbocycles. The van der Waals surface area contributed by atoms with Crippen LogP contribution in [0.1, 0.15) is 0 Å². The minimum atomic E-state index is -1.37. The molecule has 0 radical (unpaired) electrons. The van der Waals surface area contributed by atoms with E-state index in [4.69, 9.17) is 18.1 Å². The average Bonchev–Trinajstić information content (AvgIpc) is 2.82. The lowest BCUT2D eigenvalue weighted by atomic mass is 10.3. The van der Waals surface area contributed by atoms with Crippen molar-refractivity contribution < 1.29 is 18.1 Å². The minimum Gasteiger partial charge on any atom is -0.438 e. The van der Waals surface area contributed by atoms with Crippen molar-refractivity contribution in [1.29, 1.82) is 0 Å². The maximum Gasteiger partial charge on any atom is 0.302 e. The first-order valence-corrected chi connectivity index (χ1v) is 12.5. The summed E-state index contributed by atoms with van der Waals surface area (Å²) in [6.07, 6.45) is 0. The Morgan fingerprint density at radius 2 is 0.581 bits per heavy atom. The second-order valence-electron chi connectivity index (χ2n) is 6.42. The highest BCUT2D eigenvalue weighted by Gasteiger charge is 2.27. The van der Waals surface area contributed by atoms with Gasteiger partial charge in [-0.3, -0.25) is 0 Å². The van der Waals surface area contributed by atoms with Gasteiger partial charge >= 0.3 is 16.8 Å². The van der Waals surface area contributed by atoms with Crippen LogP contribution in [0.15, 0.2) is 121 Å². The van der Waals surface area contributed by atoms with Gasteiger partial charge in [0, 0.05) is 0 Å². The summed E-state index contributed by atoms with van der Waals surface area (Å²) >= 11 is 0. The molecular weight excluding hydrogens is 426 g/mol. The summed E-state index contributed by atoms with van der Waals surface area (Å²) < 4.78 is 24.9. The lowest BCUT2D eigenvalue weighted by Crippen LogP contribution is -2.05. The molecule has 0 bridgehead atoms. The summed E-state index contributed by atoms with van der Waals surface area (Å²) in [6, 6.07) is 38.7. The van der Waals surface area contributed by atoms with Gasteiger partial charge in [-0.25, -0.2) is 0 Å². The molecule has 31 heavy (non-hydrogen) atoms. The predicted molar refractivity (Wildman–Crippen MR) is 127 cm³/mol. The van der Waals surface area contributed by atoms with Gasteiger partial charge in [-0.2, -0.15) is 0 Å². The smallest absolute Gasteiger partial charge is 0.302 e. The first-order valence-electron chi connectivity index (χ1n) is 9.82.